The third-order valence-electron chi connectivity index (χ3n) is 5.95. The van der Waals surface area contributed by atoms with Crippen molar-refractivity contribution >= 4 is 62.3 Å². The summed E-state index contributed by atoms with van der Waals surface area (Å²) >= 11 is 9.24. The van der Waals surface area contributed by atoms with Crippen molar-refractivity contribution in [2.75, 3.05) is 51.9 Å². The van der Waals surface area contributed by atoms with Crippen LogP contribution in [-0.2, 0) is 9.47 Å². The first-order valence-electron chi connectivity index (χ1n) is 10.8. The van der Waals surface area contributed by atoms with E-state index < -0.39 is 5.82 Å². The van der Waals surface area contributed by atoms with Gasteiger partial charge in [-0.2, -0.15) is 0 Å². The van der Waals surface area contributed by atoms with Crippen molar-refractivity contribution in [1.82, 2.24) is 14.9 Å². The first-order chi connectivity index (χ1) is 16.5. The van der Waals surface area contributed by atoms with E-state index in [1.54, 1.807) is 31.4 Å². The third kappa shape index (κ3) is 5.58. The number of methoxy groups -OCH3 is 1. The van der Waals surface area contributed by atoms with E-state index in [0.717, 1.165) is 19.7 Å². The Labute approximate surface area is 221 Å². The van der Waals surface area contributed by atoms with E-state index >= 15 is 0 Å². The lowest BCUT2D eigenvalue weighted by Gasteiger charge is -2.41. The van der Waals surface area contributed by atoms with E-state index in [9.17, 15) is 4.39 Å². The standard InChI is InChI=1S/C23H23BrClFN4O4.ClH/c1-31-19-6-15-18(27-12-28-23(15)29-17-3-2-16(24)21(25)22(17)26)7-20(19)34-11-14-8-30-4-5-32-9-13(30)10-33-14;/h2-3,6-7,12-14H,4-5,8-11H2,1H3,(H,27,28,29);1H/t13-,14-;/m0./s1. The second-order valence-electron chi connectivity index (χ2n) is 8.08. The van der Waals surface area contributed by atoms with Gasteiger partial charge in [0.25, 0.3) is 0 Å². The van der Waals surface area contributed by atoms with E-state index in [-0.39, 0.29) is 29.2 Å². The molecule has 12 heteroatoms. The minimum absolute atomic E-state index is 0. The molecule has 2 aliphatic rings. The molecule has 188 valence electrons. The van der Waals surface area contributed by atoms with Gasteiger partial charge in [-0.25, -0.2) is 14.4 Å². The van der Waals surface area contributed by atoms with Gasteiger partial charge >= 0.3 is 0 Å². The van der Waals surface area contributed by atoms with Gasteiger partial charge in [0.15, 0.2) is 17.3 Å². The maximum atomic E-state index is 14.6. The fourth-order valence-corrected chi connectivity index (χ4v) is 4.58. The third-order valence-corrected chi connectivity index (χ3v) is 7.20. The first kappa shape index (κ1) is 26.1. The molecule has 2 aromatic carbocycles. The number of halogens is 4. The van der Waals surface area contributed by atoms with Gasteiger partial charge in [0, 0.05) is 29.0 Å². The Morgan fingerprint density at radius 2 is 2.11 bits per heavy atom. The number of ether oxygens (including phenoxy) is 4. The highest BCUT2D eigenvalue weighted by Gasteiger charge is 2.31. The molecule has 1 N–H and O–H groups in total. The minimum atomic E-state index is -0.579. The Hall–Kier alpha value is -1.95. The summed E-state index contributed by atoms with van der Waals surface area (Å²) in [6, 6.07) is 7.11. The number of morpholine rings is 2. The Morgan fingerprint density at radius 1 is 1.26 bits per heavy atom. The van der Waals surface area contributed by atoms with E-state index in [2.05, 4.69) is 36.1 Å². The molecule has 0 unspecified atom stereocenters. The summed E-state index contributed by atoms with van der Waals surface area (Å²) in [5, 5.41) is 3.64. The Balaban J connectivity index is 0.00000289. The van der Waals surface area contributed by atoms with Crippen LogP contribution in [0.2, 0.25) is 5.02 Å². The van der Waals surface area contributed by atoms with Gasteiger partial charge in [0.2, 0.25) is 0 Å². The van der Waals surface area contributed by atoms with Crippen molar-refractivity contribution in [2.45, 2.75) is 12.1 Å². The molecule has 8 nitrogen and oxygen atoms in total. The first-order valence-corrected chi connectivity index (χ1v) is 12.0. The van der Waals surface area contributed by atoms with Gasteiger partial charge in [-0.3, -0.25) is 4.90 Å². The molecule has 0 spiro atoms. The van der Waals surface area contributed by atoms with E-state index in [0.29, 0.717) is 58.6 Å². The van der Waals surface area contributed by atoms with Gasteiger partial charge in [0.1, 0.15) is 24.9 Å². The SMILES string of the molecule is COc1cc2c(Nc3ccc(Br)c(Cl)c3F)ncnc2cc1OC[C@@H]1CN2CCOC[C@H]2CO1.Cl. The molecule has 5 rings (SSSR count). The Morgan fingerprint density at radius 3 is 2.94 bits per heavy atom. The quantitative estimate of drug-likeness (QED) is 0.409. The van der Waals surface area contributed by atoms with Gasteiger partial charge in [-0.1, -0.05) is 11.6 Å². The lowest BCUT2D eigenvalue weighted by Crippen LogP contribution is -2.56. The maximum absolute atomic E-state index is 14.6. The summed E-state index contributed by atoms with van der Waals surface area (Å²) in [6.45, 7) is 4.15. The number of benzene rings is 2. The van der Waals surface area contributed by atoms with Crippen LogP contribution in [0.25, 0.3) is 10.9 Å². The zero-order valence-corrected chi connectivity index (χ0v) is 22.0. The number of nitrogens with one attached hydrogen (secondary N) is 1. The molecule has 2 fully saturated rings. The molecule has 0 radical (unpaired) electrons. The van der Waals surface area contributed by atoms with Gasteiger partial charge in [0.05, 0.1) is 49.2 Å². The number of fused-ring (bicyclic) bond motifs is 2. The van der Waals surface area contributed by atoms with Crippen LogP contribution in [0, 0.1) is 5.82 Å². The van der Waals surface area contributed by atoms with Crippen LogP contribution >= 0.6 is 39.9 Å². The number of hydrogen-bond acceptors (Lipinski definition) is 8. The summed E-state index contributed by atoms with van der Waals surface area (Å²) in [5.41, 5.74) is 0.818. The smallest absolute Gasteiger partial charge is 0.166 e. The molecule has 0 bridgehead atoms. The van der Waals surface area contributed by atoms with E-state index in [4.69, 9.17) is 30.5 Å². The molecule has 2 aliphatic heterocycles. The van der Waals surface area contributed by atoms with Crippen LogP contribution < -0.4 is 14.8 Å². The van der Waals surface area contributed by atoms with Crippen molar-refractivity contribution in [3.05, 3.63) is 45.9 Å². The zero-order valence-electron chi connectivity index (χ0n) is 18.8. The second kappa shape index (κ2) is 11.4. The maximum Gasteiger partial charge on any atom is 0.166 e. The highest BCUT2D eigenvalue weighted by atomic mass is 79.9. The lowest BCUT2D eigenvalue weighted by molar-refractivity contribution is -0.124. The molecule has 3 aromatic rings. The molecule has 35 heavy (non-hydrogen) atoms. The van der Waals surface area contributed by atoms with Crippen molar-refractivity contribution in [3.8, 4) is 11.5 Å². The second-order valence-corrected chi connectivity index (χ2v) is 9.31. The summed E-state index contributed by atoms with van der Waals surface area (Å²) < 4.78 is 38.2. The highest BCUT2D eigenvalue weighted by molar-refractivity contribution is 9.10. The summed E-state index contributed by atoms with van der Waals surface area (Å²) in [4.78, 5) is 11.0. The Kier molecular flexibility index (Phi) is 8.51. The number of hydrogen-bond donors (Lipinski definition) is 1. The molecule has 0 amide bonds. The van der Waals surface area contributed by atoms with Crippen LogP contribution in [0.4, 0.5) is 15.9 Å². The molecule has 3 heterocycles. The summed E-state index contributed by atoms with van der Waals surface area (Å²) in [6.07, 6.45) is 1.35. The topological polar surface area (TPSA) is 78.0 Å². The molecule has 0 aliphatic carbocycles. The fraction of sp³-hybridized carbons (Fsp3) is 0.391. The van der Waals surface area contributed by atoms with Crippen LogP contribution in [0.1, 0.15) is 0 Å². The van der Waals surface area contributed by atoms with Crippen molar-refractivity contribution in [1.29, 1.82) is 0 Å². The van der Waals surface area contributed by atoms with Gasteiger partial charge in [-0.05, 0) is 34.1 Å². The van der Waals surface area contributed by atoms with Crippen LogP contribution in [-0.4, -0.2) is 73.6 Å². The monoisotopic (exact) mass is 588 g/mol. The predicted molar refractivity (Wildman–Crippen MR) is 137 cm³/mol. The number of nitrogens with zero attached hydrogens (tertiary/aromatic N) is 3. The van der Waals surface area contributed by atoms with Crippen LogP contribution in [0.5, 0.6) is 11.5 Å². The average Bonchev–Trinajstić information content (AvgIpc) is 2.87. The van der Waals surface area contributed by atoms with Crippen LogP contribution in [0.15, 0.2) is 35.1 Å². The minimum Gasteiger partial charge on any atom is -0.493 e. The van der Waals surface area contributed by atoms with Gasteiger partial charge < -0.3 is 24.3 Å². The fourth-order valence-electron chi connectivity index (χ4n) is 4.11. The molecule has 2 atom stereocenters. The molecule has 2 saturated heterocycles. The van der Waals surface area contributed by atoms with Crippen molar-refractivity contribution in [2.24, 2.45) is 0 Å². The van der Waals surface area contributed by atoms with Crippen molar-refractivity contribution in [3.63, 3.8) is 0 Å². The zero-order chi connectivity index (χ0) is 23.7. The van der Waals surface area contributed by atoms with Crippen LogP contribution in [0.3, 0.4) is 0 Å². The van der Waals surface area contributed by atoms with E-state index in [1.807, 2.05) is 0 Å². The highest BCUT2D eigenvalue weighted by Crippen LogP contribution is 2.36. The van der Waals surface area contributed by atoms with E-state index in [1.165, 1.54) is 6.33 Å². The van der Waals surface area contributed by atoms with Gasteiger partial charge in [-0.15, -0.1) is 12.4 Å². The summed E-state index contributed by atoms with van der Waals surface area (Å²) in [5.74, 6) is 0.899. The molecule has 0 saturated carbocycles. The van der Waals surface area contributed by atoms with Crippen molar-refractivity contribution < 1.29 is 23.3 Å². The molecular formula is C23H24BrCl2FN4O4. The largest absolute Gasteiger partial charge is 0.493 e. The predicted octanol–water partition coefficient (Wildman–Crippen LogP) is 4.84. The number of aromatic nitrogens is 2. The molecular weight excluding hydrogens is 566 g/mol. The number of rotatable bonds is 6. The number of anilines is 2. The summed E-state index contributed by atoms with van der Waals surface area (Å²) in [7, 11) is 1.56. The Bertz CT molecular complexity index is 1210. The molecule has 1 aromatic heterocycles. The normalized spacial score (nSPS) is 20.1. The lowest BCUT2D eigenvalue weighted by atomic mass is 10.1. The average molecular weight is 590 g/mol.